The third-order valence-electron chi connectivity index (χ3n) is 11.0. The maximum atomic E-state index is 8.96. The normalized spacial score (nSPS) is 11.2. The molecule has 9 rings (SSSR count). The maximum Gasteiger partial charge on any atom is 0.0737 e. The van der Waals surface area contributed by atoms with Gasteiger partial charge in [-0.2, -0.15) is 0 Å². The molecule has 0 atom stereocenters. The zero-order valence-corrected chi connectivity index (χ0v) is 33.9. The Kier molecular flexibility index (Phi) is 11.4. The van der Waals surface area contributed by atoms with Crippen molar-refractivity contribution in [3.63, 3.8) is 0 Å². The smallest absolute Gasteiger partial charge is 0.0737 e. The molecule has 0 spiro atoms. The number of hydrogen-bond donors (Lipinski definition) is 2. The largest absolute Gasteiger partial charge is 0.354 e. The number of nitrogens with zero attached hydrogens (tertiary/aromatic N) is 14. The molecule has 7 aromatic rings. The van der Waals surface area contributed by atoms with Gasteiger partial charge in [-0.1, -0.05) is 118 Å². The van der Waals surface area contributed by atoms with Gasteiger partial charge in [-0.05, 0) is 115 Å². The van der Waals surface area contributed by atoms with Crippen molar-refractivity contribution in [1.82, 2.24) is 19.9 Å². The van der Waals surface area contributed by atoms with E-state index < -0.39 is 0 Å². The highest BCUT2D eigenvalue weighted by atomic mass is 15.1. The van der Waals surface area contributed by atoms with Crippen molar-refractivity contribution < 1.29 is 0 Å². The van der Waals surface area contributed by atoms with Crippen LogP contribution in [0.1, 0.15) is 45.0 Å². The van der Waals surface area contributed by atoms with Gasteiger partial charge in [0, 0.05) is 64.0 Å². The van der Waals surface area contributed by atoms with Crippen LogP contribution in [0.5, 0.6) is 0 Å². The molecular formula is C48H34N16. The summed E-state index contributed by atoms with van der Waals surface area (Å²) >= 11 is 0. The van der Waals surface area contributed by atoms with Gasteiger partial charge in [-0.25, -0.2) is 9.97 Å². The molecule has 0 saturated carbocycles. The highest BCUT2D eigenvalue weighted by Crippen LogP contribution is 2.39. The second kappa shape index (κ2) is 18.1. The van der Waals surface area contributed by atoms with Gasteiger partial charge in [-0.3, -0.25) is 0 Å². The molecule has 0 fully saturated rings. The Labute approximate surface area is 364 Å². The molecule has 0 unspecified atom stereocenters. The molecule has 0 saturated heterocycles. The van der Waals surface area contributed by atoms with Crippen molar-refractivity contribution in [2.75, 3.05) is 0 Å². The predicted molar refractivity (Wildman–Crippen MR) is 252 cm³/mol. The van der Waals surface area contributed by atoms with Gasteiger partial charge in [0.2, 0.25) is 0 Å². The fourth-order valence-electron chi connectivity index (χ4n) is 7.98. The average Bonchev–Trinajstić information content (AvgIpc) is 4.19. The van der Waals surface area contributed by atoms with Crippen LogP contribution in [-0.4, -0.2) is 19.9 Å². The average molecular weight is 835 g/mol. The van der Waals surface area contributed by atoms with Crippen molar-refractivity contribution in [3.05, 3.63) is 208 Å². The number of rotatable bonds is 12. The second-order valence-electron chi connectivity index (χ2n) is 14.8. The molecule has 3 aromatic heterocycles. The Bertz CT molecular complexity index is 2930. The first kappa shape index (κ1) is 40.1. The first-order valence-electron chi connectivity index (χ1n) is 20.1. The number of fused-ring (bicyclic) bond motifs is 8. The third kappa shape index (κ3) is 8.25. The summed E-state index contributed by atoms with van der Waals surface area (Å²) < 4.78 is 0. The molecule has 2 N–H and O–H groups in total. The van der Waals surface area contributed by atoms with E-state index in [-0.39, 0.29) is 26.2 Å². The quantitative estimate of drug-likeness (QED) is 0.0692. The molecule has 4 aromatic carbocycles. The molecule has 16 nitrogen and oxygen atoms in total. The van der Waals surface area contributed by atoms with Crippen molar-refractivity contribution in [1.29, 1.82) is 0 Å². The van der Waals surface area contributed by atoms with Gasteiger partial charge >= 0.3 is 0 Å². The molecule has 5 heterocycles. The molecule has 2 aliphatic heterocycles. The molecule has 64 heavy (non-hydrogen) atoms. The third-order valence-corrected chi connectivity index (χ3v) is 11.0. The first-order chi connectivity index (χ1) is 31.5. The standard InChI is InChI=1S/C48H34N16/c49-61-53-25-29-1-9-33(10-2-29)45-37-17-19-39(57-37)46(34-11-3-30(4-12-34)26-54-62-50)41-21-23-43(59-41)48(36-15-7-32(8-16-36)28-56-64-52)44-24-22-42(60-44)47(40-20-18-38(45)58-40)35-13-5-31(6-14-35)27-55-63-51/h1-24,57,60H,25-28H2. The molecular weight excluding hydrogens is 801 g/mol. The lowest BCUT2D eigenvalue weighted by molar-refractivity contribution is 1.05. The van der Waals surface area contributed by atoms with Gasteiger partial charge in [0.05, 0.1) is 49.0 Å². The van der Waals surface area contributed by atoms with Gasteiger partial charge < -0.3 is 9.97 Å². The lowest BCUT2D eigenvalue weighted by Crippen LogP contribution is -1.91. The van der Waals surface area contributed by atoms with Crippen molar-refractivity contribution in [3.8, 4) is 44.5 Å². The Hall–Kier alpha value is -9.28. The van der Waals surface area contributed by atoms with Crippen molar-refractivity contribution in [2.24, 2.45) is 20.5 Å². The lowest BCUT2D eigenvalue weighted by atomic mass is 10.0. The predicted octanol–water partition coefficient (Wildman–Crippen LogP) is 14.6. The maximum absolute atomic E-state index is 8.96. The molecule has 0 aliphatic carbocycles. The van der Waals surface area contributed by atoms with Gasteiger partial charge in [0.1, 0.15) is 0 Å². The highest BCUT2D eigenvalue weighted by molar-refractivity contribution is 5.99. The molecule has 0 radical (unpaired) electrons. The fourth-order valence-corrected chi connectivity index (χ4v) is 7.98. The summed E-state index contributed by atoms with van der Waals surface area (Å²) in [5.41, 5.74) is 52.6. The number of azide groups is 4. The Morgan fingerprint density at radius 2 is 0.547 bits per heavy atom. The summed E-state index contributed by atoms with van der Waals surface area (Å²) in [5.74, 6) is 0. The van der Waals surface area contributed by atoms with Crippen LogP contribution in [0.4, 0.5) is 0 Å². The van der Waals surface area contributed by atoms with E-state index in [1.807, 2.05) is 146 Å². The fraction of sp³-hybridized carbons (Fsp3) is 0.0833. The number of hydrogen-bond acceptors (Lipinski definition) is 6. The summed E-state index contributed by atoms with van der Waals surface area (Å²) in [6.45, 7) is 0.913. The van der Waals surface area contributed by atoms with Crippen LogP contribution in [0.25, 0.3) is 133 Å². The van der Waals surface area contributed by atoms with E-state index in [1.54, 1.807) is 0 Å². The minimum Gasteiger partial charge on any atom is -0.354 e. The van der Waals surface area contributed by atoms with Crippen LogP contribution < -0.4 is 0 Å². The van der Waals surface area contributed by atoms with Crippen molar-refractivity contribution >= 4 is 46.4 Å². The number of benzene rings is 4. The van der Waals surface area contributed by atoms with E-state index >= 15 is 0 Å². The zero-order chi connectivity index (χ0) is 43.8. The van der Waals surface area contributed by atoms with Gasteiger partial charge in [-0.15, -0.1) is 0 Å². The number of aromatic nitrogens is 4. The Balaban J connectivity index is 1.38. The number of aromatic amines is 2. The van der Waals surface area contributed by atoms with E-state index in [2.05, 4.69) is 50.1 Å². The summed E-state index contributed by atoms with van der Waals surface area (Å²) in [4.78, 5) is 29.9. The van der Waals surface area contributed by atoms with Crippen LogP contribution in [0, 0.1) is 0 Å². The number of nitrogens with one attached hydrogen (secondary N) is 2. The van der Waals surface area contributed by atoms with Gasteiger partial charge in [0.15, 0.2) is 0 Å². The Morgan fingerprint density at radius 1 is 0.328 bits per heavy atom. The van der Waals surface area contributed by atoms with E-state index in [4.69, 9.17) is 32.1 Å². The van der Waals surface area contributed by atoms with Crippen LogP contribution in [-0.2, 0) is 26.2 Å². The minimum absolute atomic E-state index is 0.228. The number of H-pyrrole nitrogens is 2. The van der Waals surface area contributed by atoms with E-state index in [9.17, 15) is 0 Å². The van der Waals surface area contributed by atoms with E-state index in [1.165, 1.54) is 0 Å². The monoisotopic (exact) mass is 834 g/mol. The summed E-state index contributed by atoms with van der Waals surface area (Å²) in [6, 6.07) is 39.9. The molecule has 8 bridgehead atoms. The molecule has 2 aliphatic rings. The highest BCUT2D eigenvalue weighted by Gasteiger charge is 2.19. The first-order valence-corrected chi connectivity index (χ1v) is 20.1. The topological polar surface area (TPSA) is 252 Å². The molecule has 16 heteroatoms. The second-order valence-corrected chi connectivity index (χ2v) is 14.8. The van der Waals surface area contributed by atoms with Crippen molar-refractivity contribution in [2.45, 2.75) is 26.2 Å². The minimum atomic E-state index is 0.228. The summed E-state index contributed by atoms with van der Waals surface area (Å²) in [6.07, 6.45) is 8.07. The summed E-state index contributed by atoms with van der Waals surface area (Å²) in [7, 11) is 0. The summed E-state index contributed by atoms with van der Waals surface area (Å²) in [5, 5.41) is 15.0. The van der Waals surface area contributed by atoms with Crippen LogP contribution in [0.3, 0.4) is 0 Å². The van der Waals surface area contributed by atoms with E-state index in [0.717, 1.165) is 112 Å². The molecule has 306 valence electrons. The van der Waals surface area contributed by atoms with Gasteiger partial charge in [0.25, 0.3) is 0 Å². The Morgan fingerprint density at radius 3 is 0.750 bits per heavy atom. The molecule has 0 amide bonds. The van der Waals surface area contributed by atoms with Crippen LogP contribution >= 0.6 is 0 Å². The SMILES string of the molecule is [N-]=[N+]=NCc1ccc(-c2c3nc(c(-c4ccc(CN=[N+]=[N-])cc4)c4ccc([nH]4)c(-c4ccc(CN=[N+]=[N-])cc4)c4nc(c(-c5ccc(CN=[N+]=[N-])cc5)c5ccc2[nH]5)C=C4)C=C3)cc1. The van der Waals surface area contributed by atoms with Crippen LogP contribution in [0.15, 0.2) is 142 Å². The zero-order valence-electron chi connectivity index (χ0n) is 33.9. The van der Waals surface area contributed by atoms with Crippen LogP contribution in [0.2, 0.25) is 0 Å². The van der Waals surface area contributed by atoms with E-state index in [0.29, 0.717) is 0 Å². The lowest BCUT2D eigenvalue weighted by Gasteiger charge is -2.08.